The van der Waals surface area contributed by atoms with Crippen LogP contribution in [-0.2, 0) is 11.2 Å². The van der Waals surface area contributed by atoms with Gasteiger partial charge in [0.05, 0.1) is 6.10 Å². The zero-order valence-corrected chi connectivity index (χ0v) is 12.3. The van der Waals surface area contributed by atoms with Crippen LogP contribution in [0.15, 0.2) is 24.3 Å². The number of anilines is 1. The van der Waals surface area contributed by atoms with Crippen LogP contribution in [0.4, 0.5) is 5.69 Å². The van der Waals surface area contributed by atoms with Crippen LogP contribution in [0.1, 0.15) is 45.1 Å². The van der Waals surface area contributed by atoms with E-state index < -0.39 is 0 Å². The molecule has 0 saturated heterocycles. The highest BCUT2D eigenvalue weighted by Crippen LogP contribution is 2.23. The lowest BCUT2D eigenvalue weighted by Crippen LogP contribution is -2.32. The highest BCUT2D eigenvalue weighted by atomic mass is 16.5. The Bertz CT molecular complexity index is 377. The summed E-state index contributed by atoms with van der Waals surface area (Å²) in [6.45, 7) is 6.40. The van der Waals surface area contributed by atoms with E-state index in [2.05, 4.69) is 43.4 Å². The lowest BCUT2D eigenvalue weighted by Gasteiger charge is -2.27. The third-order valence-electron chi connectivity index (χ3n) is 4.10. The van der Waals surface area contributed by atoms with Crippen molar-refractivity contribution in [1.29, 1.82) is 0 Å². The molecule has 0 saturated carbocycles. The molecule has 0 spiro atoms. The summed E-state index contributed by atoms with van der Waals surface area (Å²) < 4.78 is 6.13. The standard InChI is InChI=1S/C17H27NO/c1-3-5-8-14(4-2)13-19-16-11-15-9-6-7-10-17(15)18-12-16/h6-7,9-10,14,16,18H,3-5,8,11-13H2,1-2H3. The van der Waals surface area contributed by atoms with E-state index >= 15 is 0 Å². The second-order valence-corrected chi connectivity index (χ2v) is 5.61. The fourth-order valence-corrected chi connectivity index (χ4v) is 2.70. The average Bonchev–Trinajstić information content (AvgIpc) is 2.47. The maximum absolute atomic E-state index is 6.13. The highest BCUT2D eigenvalue weighted by molar-refractivity contribution is 5.53. The first-order chi connectivity index (χ1) is 9.33. The number of fused-ring (bicyclic) bond motifs is 1. The van der Waals surface area contributed by atoms with Gasteiger partial charge in [0.25, 0.3) is 0 Å². The normalized spacial score (nSPS) is 19.6. The summed E-state index contributed by atoms with van der Waals surface area (Å²) in [5.41, 5.74) is 2.67. The van der Waals surface area contributed by atoms with Gasteiger partial charge in [0.1, 0.15) is 0 Å². The van der Waals surface area contributed by atoms with E-state index in [0.717, 1.165) is 25.5 Å². The molecule has 1 aromatic carbocycles. The molecule has 0 radical (unpaired) electrons. The van der Waals surface area contributed by atoms with Crippen LogP contribution >= 0.6 is 0 Å². The predicted molar refractivity (Wildman–Crippen MR) is 81.7 cm³/mol. The summed E-state index contributed by atoms with van der Waals surface area (Å²) >= 11 is 0. The molecule has 1 heterocycles. The Kier molecular flexibility index (Phi) is 5.71. The number of unbranched alkanes of at least 4 members (excludes halogenated alkanes) is 1. The molecule has 2 unspecified atom stereocenters. The van der Waals surface area contributed by atoms with Gasteiger partial charge in [-0.1, -0.05) is 51.3 Å². The van der Waals surface area contributed by atoms with E-state index in [1.165, 1.54) is 36.9 Å². The zero-order valence-electron chi connectivity index (χ0n) is 12.3. The van der Waals surface area contributed by atoms with Crippen molar-refractivity contribution in [3.8, 4) is 0 Å². The smallest absolute Gasteiger partial charge is 0.0788 e. The Morgan fingerprint density at radius 1 is 1.32 bits per heavy atom. The van der Waals surface area contributed by atoms with Crippen molar-refractivity contribution >= 4 is 5.69 Å². The molecule has 0 fully saturated rings. The quantitative estimate of drug-likeness (QED) is 0.792. The third kappa shape index (κ3) is 4.24. The van der Waals surface area contributed by atoms with Gasteiger partial charge in [-0.3, -0.25) is 0 Å². The maximum atomic E-state index is 6.13. The zero-order chi connectivity index (χ0) is 13.5. The second-order valence-electron chi connectivity index (χ2n) is 5.61. The fourth-order valence-electron chi connectivity index (χ4n) is 2.70. The number of ether oxygens (including phenoxy) is 1. The van der Waals surface area contributed by atoms with Crippen LogP contribution in [0.2, 0.25) is 0 Å². The Morgan fingerprint density at radius 2 is 2.16 bits per heavy atom. The summed E-state index contributed by atoms with van der Waals surface area (Å²) in [5, 5.41) is 3.47. The largest absolute Gasteiger partial charge is 0.382 e. The van der Waals surface area contributed by atoms with Crippen LogP contribution in [0.25, 0.3) is 0 Å². The van der Waals surface area contributed by atoms with E-state index in [1.54, 1.807) is 0 Å². The van der Waals surface area contributed by atoms with Crippen LogP contribution < -0.4 is 5.32 Å². The topological polar surface area (TPSA) is 21.3 Å². The number of benzene rings is 1. The maximum Gasteiger partial charge on any atom is 0.0788 e. The van der Waals surface area contributed by atoms with Gasteiger partial charge in [-0.25, -0.2) is 0 Å². The highest BCUT2D eigenvalue weighted by Gasteiger charge is 2.19. The Morgan fingerprint density at radius 3 is 2.95 bits per heavy atom. The molecule has 0 amide bonds. The number of hydrogen-bond donors (Lipinski definition) is 1. The SMILES string of the molecule is CCCCC(CC)COC1CNc2ccccc2C1. The monoisotopic (exact) mass is 261 g/mol. The average molecular weight is 261 g/mol. The van der Waals surface area contributed by atoms with Gasteiger partial charge in [-0.15, -0.1) is 0 Å². The van der Waals surface area contributed by atoms with Crippen molar-refractivity contribution in [3.63, 3.8) is 0 Å². The molecule has 1 aliphatic rings. The van der Waals surface area contributed by atoms with Crippen LogP contribution in [0, 0.1) is 5.92 Å². The van der Waals surface area contributed by atoms with E-state index in [-0.39, 0.29) is 0 Å². The third-order valence-corrected chi connectivity index (χ3v) is 4.10. The minimum absolute atomic E-state index is 0.338. The van der Waals surface area contributed by atoms with Gasteiger partial charge in [0.15, 0.2) is 0 Å². The Labute approximate surface area is 117 Å². The molecule has 1 N–H and O–H groups in total. The Hall–Kier alpha value is -1.02. The summed E-state index contributed by atoms with van der Waals surface area (Å²) in [6.07, 6.45) is 6.54. The number of rotatable bonds is 7. The molecule has 0 aromatic heterocycles. The van der Waals surface area contributed by atoms with E-state index in [1.807, 2.05) is 0 Å². The minimum Gasteiger partial charge on any atom is -0.382 e. The minimum atomic E-state index is 0.338. The van der Waals surface area contributed by atoms with Crippen molar-refractivity contribution in [3.05, 3.63) is 29.8 Å². The van der Waals surface area contributed by atoms with E-state index in [9.17, 15) is 0 Å². The number of para-hydroxylation sites is 1. The molecule has 106 valence electrons. The predicted octanol–water partition coefficient (Wildman–Crippen LogP) is 4.26. The van der Waals surface area contributed by atoms with Gasteiger partial charge in [-0.2, -0.15) is 0 Å². The first-order valence-electron chi connectivity index (χ1n) is 7.76. The molecule has 2 rings (SSSR count). The van der Waals surface area contributed by atoms with Crippen molar-refractivity contribution in [2.24, 2.45) is 5.92 Å². The Balaban J connectivity index is 1.78. The lowest BCUT2D eigenvalue weighted by atomic mass is 9.99. The van der Waals surface area contributed by atoms with Crippen molar-refractivity contribution in [1.82, 2.24) is 0 Å². The van der Waals surface area contributed by atoms with Gasteiger partial charge < -0.3 is 10.1 Å². The molecule has 0 aliphatic carbocycles. The molecular weight excluding hydrogens is 234 g/mol. The summed E-state index contributed by atoms with van der Waals surface area (Å²) in [5.74, 6) is 0.733. The van der Waals surface area contributed by atoms with E-state index in [4.69, 9.17) is 4.74 Å². The lowest BCUT2D eigenvalue weighted by molar-refractivity contribution is 0.0320. The van der Waals surface area contributed by atoms with Crippen molar-refractivity contribution in [2.75, 3.05) is 18.5 Å². The summed E-state index contributed by atoms with van der Waals surface area (Å²) in [7, 11) is 0. The van der Waals surface area contributed by atoms with Crippen LogP contribution in [0.5, 0.6) is 0 Å². The van der Waals surface area contributed by atoms with Crippen molar-refractivity contribution in [2.45, 2.75) is 52.1 Å². The number of hydrogen-bond acceptors (Lipinski definition) is 2. The van der Waals surface area contributed by atoms with Gasteiger partial charge >= 0.3 is 0 Å². The molecule has 1 aromatic rings. The van der Waals surface area contributed by atoms with Crippen LogP contribution in [0.3, 0.4) is 0 Å². The molecule has 19 heavy (non-hydrogen) atoms. The summed E-state index contributed by atoms with van der Waals surface area (Å²) in [6, 6.07) is 8.55. The fraction of sp³-hybridized carbons (Fsp3) is 0.647. The molecule has 2 nitrogen and oxygen atoms in total. The van der Waals surface area contributed by atoms with Crippen LogP contribution in [-0.4, -0.2) is 19.3 Å². The number of nitrogens with one attached hydrogen (secondary N) is 1. The second kappa shape index (κ2) is 7.54. The molecular formula is C17H27NO. The van der Waals surface area contributed by atoms with Crippen molar-refractivity contribution < 1.29 is 4.74 Å². The van der Waals surface area contributed by atoms with Gasteiger partial charge in [0, 0.05) is 25.3 Å². The molecule has 0 bridgehead atoms. The first kappa shape index (κ1) is 14.4. The molecule has 2 heteroatoms. The van der Waals surface area contributed by atoms with E-state index in [0.29, 0.717) is 6.10 Å². The summed E-state index contributed by atoms with van der Waals surface area (Å²) in [4.78, 5) is 0. The molecule has 2 atom stereocenters. The molecule has 1 aliphatic heterocycles. The first-order valence-corrected chi connectivity index (χ1v) is 7.76. The van der Waals surface area contributed by atoms with Gasteiger partial charge in [-0.05, 0) is 24.0 Å². The van der Waals surface area contributed by atoms with Gasteiger partial charge in [0.2, 0.25) is 0 Å².